The standard InChI is InChI=1S/C13H20N4O3/c1-13(6-3-2-4-10(13)12(19)20)16-11(18)5-7-17-9-14-8-15-17/h8-10H,2-7H2,1H3,(H,16,18)(H,19,20). The predicted octanol–water partition coefficient (Wildman–Crippen LogP) is 0.818. The van der Waals surface area contributed by atoms with Crippen LogP contribution in [0.3, 0.4) is 0 Å². The van der Waals surface area contributed by atoms with Crippen molar-refractivity contribution < 1.29 is 14.7 Å². The summed E-state index contributed by atoms with van der Waals surface area (Å²) in [4.78, 5) is 27.1. The Morgan fingerprint density at radius 3 is 2.95 bits per heavy atom. The quantitative estimate of drug-likeness (QED) is 0.832. The molecule has 0 bridgehead atoms. The lowest BCUT2D eigenvalue weighted by molar-refractivity contribution is -0.146. The van der Waals surface area contributed by atoms with E-state index in [4.69, 9.17) is 0 Å². The number of nitrogens with one attached hydrogen (secondary N) is 1. The fraction of sp³-hybridized carbons (Fsp3) is 0.692. The molecule has 0 aromatic carbocycles. The van der Waals surface area contributed by atoms with Crippen LogP contribution in [0.5, 0.6) is 0 Å². The van der Waals surface area contributed by atoms with Gasteiger partial charge in [-0.3, -0.25) is 14.3 Å². The number of rotatable bonds is 5. The molecular formula is C13H20N4O3. The molecule has 0 spiro atoms. The second-order valence-corrected chi connectivity index (χ2v) is 5.51. The first-order valence-electron chi connectivity index (χ1n) is 6.87. The lowest BCUT2D eigenvalue weighted by Crippen LogP contribution is -2.55. The number of carboxylic acid groups (broad SMARTS) is 1. The molecule has 7 heteroatoms. The van der Waals surface area contributed by atoms with E-state index in [1.54, 1.807) is 11.0 Å². The van der Waals surface area contributed by atoms with E-state index in [2.05, 4.69) is 15.4 Å². The third kappa shape index (κ3) is 3.34. The van der Waals surface area contributed by atoms with E-state index in [1.807, 2.05) is 6.92 Å². The Morgan fingerprint density at radius 2 is 2.30 bits per heavy atom. The fourth-order valence-corrected chi connectivity index (χ4v) is 2.82. The van der Waals surface area contributed by atoms with Crippen LogP contribution >= 0.6 is 0 Å². The highest BCUT2D eigenvalue weighted by atomic mass is 16.4. The number of amides is 1. The summed E-state index contributed by atoms with van der Waals surface area (Å²) in [5.74, 6) is -1.48. The zero-order valence-corrected chi connectivity index (χ0v) is 11.6. The van der Waals surface area contributed by atoms with Gasteiger partial charge in [0.1, 0.15) is 12.7 Å². The van der Waals surface area contributed by atoms with Crippen LogP contribution in [0, 0.1) is 5.92 Å². The predicted molar refractivity (Wildman–Crippen MR) is 70.8 cm³/mol. The van der Waals surface area contributed by atoms with Crippen LogP contribution in [0.25, 0.3) is 0 Å². The molecule has 0 aliphatic heterocycles. The van der Waals surface area contributed by atoms with E-state index >= 15 is 0 Å². The average molecular weight is 280 g/mol. The molecule has 0 saturated heterocycles. The molecule has 7 nitrogen and oxygen atoms in total. The topological polar surface area (TPSA) is 97.1 Å². The maximum absolute atomic E-state index is 12.0. The Balaban J connectivity index is 1.92. The van der Waals surface area contributed by atoms with E-state index in [1.165, 1.54) is 6.33 Å². The van der Waals surface area contributed by atoms with Crippen molar-refractivity contribution in [3.05, 3.63) is 12.7 Å². The summed E-state index contributed by atoms with van der Waals surface area (Å²) in [6.07, 6.45) is 6.42. The summed E-state index contributed by atoms with van der Waals surface area (Å²) >= 11 is 0. The zero-order valence-electron chi connectivity index (χ0n) is 11.6. The summed E-state index contributed by atoms with van der Waals surface area (Å²) < 4.78 is 1.58. The largest absolute Gasteiger partial charge is 0.481 e. The Bertz CT molecular complexity index is 474. The van der Waals surface area contributed by atoms with Crippen molar-refractivity contribution in [1.29, 1.82) is 0 Å². The Labute approximate surface area is 117 Å². The van der Waals surface area contributed by atoms with Gasteiger partial charge in [-0.05, 0) is 19.8 Å². The summed E-state index contributed by atoms with van der Waals surface area (Å²) in [5.41, 5.74) is -0.649. The third-order valence-electron chi connectivity index (χ3n) is 3.97. The number of hydrogen-bond acceptors (Lipinski definition) is 4. The van der Waals surface area contributed by atoms with Crippen LogP contribution in [0.15, 0.2) is 12.7 Å². The molecule has 2 unspecified atom stereocenters. The minimum atomic E-state index is -0.830. The molecule has 1 heterocycles. The van der Waals surface area contributed by atoms with Gasteiger partial charge in [0.25, 0.3) is 0 Å². The van der Waals surface area contributed by atoms with Gasteiger partial charge < -0.3 is 10.4 Å². The highest BCUT2D eigenvalue weighted by molar-refractivity contribution is 5.79. The first kappa shape index (κ1) is 14.5. The van der Waals surface area contributed by atoms with Gasteiger partial charge in [0.2, 0.25) is 5.91 Å². The summed E-state index contributed by atoms with van der Waals surface area (Å²) in [5, 5.41) is 16.1. The molecule has 1 aromatic heterocycles. The van der Waals surface area contributed by atoms with Gasteiger partial charge in [0.05, 0.1) is 18.0 Å². The van der Waals surface area contributed by atoms with Crippen molar-refractivity contribution in [2.45, 2.75) is 51.1 Å². The number of carbonyl (C=O) groups excluding carboxylic acids is 1. The van der Waals surface area contributed by atoms with E-state index in [0.717, 1.165) is 12.8 Å². The first-order chi connectivity index (χ1) is 9.51. The van der Waals surface area contributed by atoms with Crippen molar-refractivity contribution in [2.75, 3.05) is 0 Å². The number of hydrogen-bond donors (Lipinski definition) is 2. The van der Waals surface area contributed by atoms with Crippen molar-refractivity contribution >= 4 is 11.9 Å². The van der Waals surface area contributed by atoms with Gasteiger partial charge in [-0.25, -0.2) is 4.98 Å². The maximum atomic E-state index is 12.0. The number of aliphatic carboxylic acids is 1. The summed E-state index contributed by atoms with van der Waals surface area (Å²) in [6, 6.07) is 0. The summed E-state index contributed by atoms with van der Waals surface area (Å²) in [6.45, 7) is 2.28. The van der Waals surface area contributed by atoms with Crippen LogP contribution in [0.4, 0.5) is 0 Å². The molecule has 1 aromatic rings. The number of carboxylic acids is 1. The van der Waals surface area contributed by atoms with Gasteiger partial charge in [0.15, 0.2) is 0 Å². The highest BCUT2D eigenvalue weighted by Gasteiger charge is 2.41. The molecule has 110 valence electrons. The Kier molecular flexibility index (Phi) is 4.36. The maximum Gasteiger partial charge on any atom is 0.308 e. The van der Waals surface area contributed by atoms with Gasteiger partial charge >= 0.3 is 5.97 Å². The molecule has 1 amide bonds. The smallest absolute Gasteiger partial charge is 0.308 e. The van der Waals surface area contributed by atoms with Crippen LogP contribution in [0.1, 0.15) is 39.0 Å². The molecule has 1 aliphatic carbocycles. The fourth-order valence-electron chi connectivity index (χ4n) is 2.82. The SMILES string of the molecule is CC1(NC(=O)CCn2cncn2)CCCCC1C(=O)O. The lowest BCUT2D eigenvalue weighted by atomic mass is 9.74. The van der Waals surface area contributed by atoms with Crippen molar-refractivity contribution in [3.8, 4) is 0 Å². The highest BCUT2D eigenvalue weighted by Crippen LogP contribution is 2.33. The second kappa shape index (κ2) is 6.02. The molecule has 1 saturated carbocycles. The average Bonchev–Trinajstić information content (AvgIpc) is 2.89. The van der Waals surface area contributed by atoms with Crippen LogP contribution in [-0.2, 0) is 16.1 Å². The normalized spacial score (nSPS) is 26.1. The van der Waals surface area contributed by atoms with E-state index < -0.39 is 17.4 Å². The van der Waals surface area contributed by atoms with Gasteiger partial charge in [-0.2, -0.15) is 5.10 Å². The molecular weight excluding hydrogens is 260 g/mol. The number of nitrogens with zero attached hydrogens (tertiary/aromatic N) is 3. The van der Waals surface area contributed by atoms with E-state index in [9.17, 15) is 14.7 Å². The first-order valence-corrected chi connectivity index (χ1v) is 6.87. The van der Waals surface area contributed by atoms with Gasteiger partial charge in [0, 0.05) is 6.42 Å². The molecule has 2 atom stereocenters. The van der Waals surface area contributed by atoms with Crippen molar-refractivity contribution in [2.24, 2.45) is 5.92 Å². The van der Waals surface area contributed by atoms with Gasteiger partial charge in [-0.15, -0.1) is 0 Å². The minimum Gasteiger partial charge on any atom is -0.481 e. The zero-order chi connectivity index (χ0) is 14.6. The molecule has 20 heavy (non-hydrogen) atoms. The van der Waals surface area contributed by atoms with Crippen molar-refractivity contribution in [3.63, 3.8) is 0 Å². The molecule has 1 fully saturated rings. The van der Waals surface area contributed by atoms with Crippen LogP contribution < -0.4 is 5.32 Å². The van der Waals surface area contributed by atoms with Crippen LogP contribution in [-0.4, -0.2) is 37.3 Å². The van der Waals surface area contributed by atoms with E-state index in [0.29, 0.717) is 19.4 Å². The Hall–Kier alpha value is -1.92. The number of aryl methyl sites for hydroxylation is 1. The molecule has 2 rings (SSSR count). The second-order valence-electron chi connectivity index (χ2n) is 5.51. The van der Waals surface area contributed by atoms with Gasteiger partial charge in [-0.1, -0.05) is 12.8 Å². The molecule has 0 radical (unpaired) electrons. The number of aromatic nitrogens is 3. The Morgan fingerprint density at radius 1 is 1.50 bits per heavy atom. The lowest BCUT2D eigenvalue weighted by Gasteiger charge is -2.39. The van der Waals surface area contributed by atoms with E-state index in [-0.39, 0.29) is 12.3 Å². The molecule has 1 aliphatic rings. The monoisotopic (exact) mass is 280 g/mol. The van der Waals surface area contributed by atoms with Crippen molar-refractivity contribution in [1.82, 2.24) is 20.1 Å². The minimum absolute atomic E-state index is 0.142. The van der Waals surface area contributed by atoms with Crippen LogP contribution in [0.2, 0.25) is 0 Å². The number of carbonyl (C=O) groups is 2. The summed E-state index contributed by atoms with van der Waals surface area (Å²) in [7, 11) is 0. The molecule has 2 N–H and O–H groups in total. The third-order valence-corrected chi connectivity index (χ3v) is 3.97.